The van der Waals surface area contributed by atoms with Gasteiger partial charge in [0.25, 0.3) is 0 Å². The molecule has 0 amide bonds. The molecule has 1 nitrogen and oxygen atoms in total. The van der Waals surface area contributed by atoms with Crippen molar-refractivity contribution in [1.82, 2.24) is 0 Å². The van der Waals surface area contributed by atoms with E-state index in [-0.39, 0.29) is 5.41 Å². The number of hydrogen-bond donors (Lipinski definition) is 0. The first-order valence-electron chi connectivity index (χ1n) is 14.0. The van der Waals surface area contributed by atoms with Crippen LogP contribution < -0.4 is 4.90 Å². The molecule has 1 aliphatic carbocycles. The average Bonchev–Trinajstić information content (AvgIpc) is 3.23. The second-order valence-corrected chi connectivity index (χ2v) is 11.4. The lowest BCUT2D eigenvalue weighted by Crippen LogP contribution is -2.15. The van der Waals surface area contributed by atoms with E-state index in [2.05, 4.69) is 158 Å². The Morgan fingerprint density at radius 3 is 1.88 bits per heavy atom. The van der Waals surface area contributed by atoms with Crippen LogP contribution in [0.15, 0.2) is 140 Å². The van der Waals surface area contributed by atoms with Crippen molar-refractivity contribution in [3.8, 4) is 11.1 Å². The summed E-state index contributed by atoms with van der Waals surface area (Å²) in [5.74, 6) is 0. The third kappa shape index (κ3) is 3.34. The van der Waals surface area contributed by atoms with E-state index in [0.29, 0.717) is 0 Å². The van der Waals surface area contributed by atoms with Gasteiger partial charge < -0.3 is 4.90 Å². The Morgan fingerprint density at radius 2 is 1.02 bits per heavy atom. The van der Waals surface area contributed by atoms with E-state index in [1.807, 2.05) is 0 Å². The molecule has 8 rings (SSSR count). The number of rotatable bonds is 3. The van der Waals surface area contributed by atoms with Crippen LogP contribution in [0.1, 0.15) is 25.0 Å². The third-order valence-corrected chi connectivity index (χ3v) is 8.81. The third-order valence-electron chi connectivity index (χ3n) is 8.81. The van der Waals surface area contributed by atoms with Crippen LogP contribution in [0.3, 0.4) is 0 Å². The van der Waals surface area contributed by atoms with E-state index in [4.69, 9.17) is 0 Å². The highest BCUT2D eigenvalue weighted by atomic mass is 15.1. The van der Waals surface area contributed by atoms with Gasteiger partial charge in [-0.2, -0.15) is 0 Å². The number of nitrogens with zero attached hydrogens (tertiary/aromatic N) is 1. The molecule has 0 aliphatic heterocycles. The fraction of sp³-hybridized carbons (Fsp3) is 0.0769. The summed E-state index contributed by atoms with van der Waals surface area (Å²) in [4.78, 5) is 2.40. The van der Waals surface area contributed by atoms with Crippen LogP contribution in [0.25, 0.3) is 43.4 Å². The average molecular weight is 512 g/mol. The molecule has 0 atom stereocenters. The summed E-state index contributed by atoms with van der Waals surface area (Å²) >= 11 is 0. The first-order chi connectivity index (χ1) is 19.6. The molecule has 40 heavy (non-hydrogen) atoms. The molecule has 7 aromatic carbocycles. The summed E-state index contributed by atoms with van der Waals surface area (Å²) in [6.07, 6.45) is 0. The molecule has 0 saturated carbocycles. The molecule has 0 fully saturated rings. The van der Waals surface area contributed by atoms with E-state index < -0.39 is 0 Å². The minimum absolute atomic E-state index is 0.00897. The van der Waals surface area contributed by atoms with Crippen molar-refractivity contribution in [2.45, 2.75) is 19.3 Å². The second-order valence-electron chi connectivity index (χ2n) is 11.4. The molecule has 1 aliphatic rings. The van der Waals surface area contributed by atoms with E-state index in [1.54, 1.807) is 0 Å². The maximum absolute atomic E-state index is 2.40. The minimum Gasteiger partial charge on any atom is -0.310 e. The van der Waals surface area contributed by atoms with Gasteiger partial charge in [-0.25, -0.2) is 0 Å². The Bertz CT molecular complexity index is 2080. The zero-order valence-electron chi connectivity index (χ0n) is 22.7. The fourth-order valence-electron chi connectivity index (χ4n) is 6.82. The van der Waals surface area contributed by atoms with Crippen LogP contribution in [-0.4, -0.2) is 0 Å². The van der Waals surface area contributed by atoms with Crippen LogP contribution in [0.2, 0.25) is 0 Å². The van der Waals surface area contributed by atoms with Crippen molar-refractivity contribution in [3.05, 3.63) is 151 Å². The normalized spacial score (nSPS) is 13.4. The quantitative estimate of drug-likeness (QED) is 0.213. The summed E-state index contributed by atoms with van der Waals surface area (Å²) in [5.41, 5.74) is 8.93. The van der Waals surface area contributed by atoms with Gasteiger partial charge in [-0.3, -0.25) is 0 Å². The van der Waals surface area contributed by atoms with Gasteiger partial charge in [-0.1, -0.05) is 117 Å². The fourth-order valence-corrected chi connectivity index (χ4v) is 6.82. The van der Waals surface area contributed by atoms with Crippen LogP contribution in [0.4, 0.5) is 17.1 Å². The number of hydrogen-bond acceptors (Lipinski definition) is 1. The Labute approximate surface area is 234 Å². The molecule has 0 spiro atoms. The predicted octanol–water partition coefficient (Wildman–Crippen LogP) is 10.9. The SMILES string of the molecule is CC1(C)c2ccccc2-c2cc(N(c3ccccc3)c3ccc4ccc5ccc6ccccc6c5c4c3)ccc21. The van der Waals surface area contributed by atoms with Crippen molar-refractivity contribution in [2.24, 2.45) is 0 Å². The largest absolute Gasteiger partial charge is 0.310 e. The molecule has 0 N–H and O–H groups in total. The molecule has 0 heterocycles. The molecular weight excluding hydrogens is 482 g/mol. The van der Waals surface area contributed by atoms with Gasteiger partial charge in [0.15, 0.2) is 0 Å². The number of anilines is 3. The predicted molar refractivity (Wildman–Crippen MR) is 171 cm³/mol. The van der Waals surface area contributed by atoms with Gasteiger partial charge in [0.1, 0.15) is 0 Å². The number of fused-ring (bicyclic) bond motifs is 8. The van der Waals surface area contributed by atoms with Crippen molar-refractivity contribution in [1.29, 1.82) is 0 Å². The Balaban J connectivity index is 1.39. The second kappa shape index (κ2) is 8.56. The molecule has 1 heteroatoms. The topological polar surface area (TPSA) is 3.24 Å². The highest BCUT2D eigenvalue weighted by Crippen LogP contribution is 2.50. The van der Waals surface area contributed by atoms with Gasteiger partial charge in [0, 0.05) is 22.5 Å². The van der Waals surface area contributed by atoms with Gasteiger partial charge in [0.05, 0.1) is 0 Å². The van der Waals surface area contributed by atoms with E-state index in [0.717, 1.165) is 11.4 Å². The standard InChI is InChI=1S/C39H29N/c1-39(2)36-15-9-8-14-33(36)35-25-31(22-23-37(35)39)40(29-11-4-3-5-12-29)30-21-20-27-17-19-28-18-16-26-10-6-7-13-32(26)38(28)34(27)24-30/h3-25H,1-2H3. The molecule has 190 valence electrons. The molecule has 0 saturated heterocycles. The molecule has 0 bridgehead atoms. The zero-order chi connectivity index (χ0) is 26.8. The van der Waals surface area contributed by atoms with Gasteiger partial charge in [0.2, 0.25) is 0 Å². The van der Waals surface area contributed by atoms with Crippen LogP contribution in [-0.2, 0) is 5.41 Å². The number of benzene rings is 7. The lowest BCUT2D eigenvalue weighted by molar-refractivity contribution is 0.660. The number of para-hydroxylation sites is 1. The van der Waals surface area contributed by atoms with E-state index >= 15 is 0 Å². The van der Waals surface area contributed by atoms with E-state index in [9.17, 15) is 0 Å². The Hall–Kier alpha value is -4.88. The van der Waals surface area contributed by atoms with Crippen LogP contribution in [0.5, 0.6) is 0 Å². The summed E-state index contributed by atoms with van der Waals surface area (Å²) in [5, 5.41) is 7.68. The van der Waals surface area contributed by atoms with Crippen LogP contribution >= 0.6 is 0 Å². The molecular formula is C39H29N. The maximum Gasteiger partial charge on any atom is 0.0468 e. The molecule has 0 aromatic heterocycles. The van der Waals surface area contributed by atoms with Gasteiger partial charge >= 0.3 is 0 Å². The smallest absolute Gasteiger partial charge is 0.0468 e. The van der Waals surface area contributed by atoms with Crippen molar-refractivity contribution < 1.29 is 0 Å². The first kappa shape index (κ1) is 23.0. The van der Waals surface area contributed by atoms with Crippen molar-refractivity contribution in [3.63, 3.8) is 0 Å². The highest BCUT2D eigenvalue weighted by Gasteiger charge is 2.35. The monoisotopic (exact) mass is 511 g/mol. The molecule has 0 radical (unpaired) electrons. The van der Waals surface area contributed by atoms with Gasteiger partial charge in [-0.05, 0) is 91.0 Å². The minimum atomic E-state index is -0.00897. The van der Waals surface area contributed by atoms with Crippen molar-refractivity contribution in [2.75, 3.05) is 4.90 Å². The summed E-state index contributed by atoms with van der Waals surface area (Å²) in [7, 11) is 0. The summed E-state index contributed by atoms with van der Waals surface area (Å²) < 4.78 is 0. The highest BCUT2D eigenvalue weighted by molar-refractivity contribution is 6.20. The van der Waals surface area contributed by atoms with Crippen LogP contribution in [0, 0.1) is 0 Å². The Kier molecular flexibility index (Phi) is 4.93. The lowest BCUT2D eigenvalue weighted by Gasteiger charge is -2.27. The van der Waals surface area contributed by atoms with Crippen molar-refractivity contribution >= 4 is 49.4 Å². The molecule has 0 unspecified atom stereocenters. The van der Waals surface area contributed by atoms with E-state index in [1.165, 1.54) is 60.3 Å². The summed E-state index contributed by atoms with van der Waals surface area (Å²) in [6, 6.07) is 51.2. The zero-order valence-corrected chi connectivity index (χ0v) is 22.7. The molecule has 7 aromatic rings. The Morgan fingerprint density at radius 1 is 0.425 bits per heavy atom. The maximum atomic E-state index is 2.40. The lowest BCUT2D eigenvalue weighted by atomic mass is 9.82. The van der Waals surface area contributed by atoms with Gasteiger partial charge in [-0.15, -0.1) is 0 Å². The first-order valence-corrected chi connectivity index (χ1v) is 14.0. The summed E-state index contributed by atoms with van der Waals surface area (Å²) in [6.45, 7) is 4.68.